The van der Waals surface area contributed by atoms with E-state index >= 15 is 0 Å². The van der Waals surface area contributed by atoms with Crippen molar-refractivity contribution < 1.29 is 4.79 Å². The van der Waals surface area contributed by atoms with Crippen molar-refractivity contribution in [3.8, 4) is 0 Å². The molecule has 0 aromatic carbocycles. The van der Waals surface area contributed by atoms with Crippen molar-refractivity contribution in [1.82, 2.24) is 4.98 Å². The first kappa shape index (κ1) is 11.5. The van der Waals surface area contributed by atoms with Crippen molar-refractivity contribution in [3.05, 3.63) is 50.4 Å². The number of Topliss-reactive ketones (excluding diaryl/α,β-unsaturated/α-hetero) is 1. The molecule has 0 N–H and O–H groups in total. The molecule has 2 nitrogen and oxygen atoms in total. The van der Waals surface area contributed by atoms with Crippen molar-refractivity contribution in [1.29, 1.82) is 0 Å². The van der Waals surface area contributed by atoms with Crippen molar-refractivity contribution in [2.45, 2.75) is 13.3 Å². The van der Waals surface area contributed by atoms with Gasteiger partial charge in [-0.1, -0.05) is 0 Å². The highest BCUT2D eigenvalue weighted by atomic mass is 79.9. The SMILES string of the molecule is Cc1cscc1C(=O)Cc1cncc(Br)c1. The van der Waals surface area contributed by atoms with Crippen molar-refractivity contribution in [3.63, 3.8) is 0 Å². The summed E-state index contributed by atoms with van der Waals surface area (Å²) in [7, 11) is 0. The molecule has 0 saturated heterocycles. The number of hydrogen-bond acceptors (Lipinski definition) is 3. The Morgan fingerprint density at radius 2 is 2.25 bits per heavy atom. The lowest BCUT2D eigenvalue weighted by atomic mass is 10.0. The molecule has 0 fully saturated rings. The van der Waals surface area contributed by atoms with Gasteiger partial charge < -0.3 is 0 Å². The highest BCUT2D eigenvalue weighted by Gasteiger charge is 2.10. The molecule has 2 heterocycles. The fourth-order valence-electron chi connectivity index (χ4n) is 1.48. The van der Waals surface area contributed by atoms with Gasteiger partial charge in [-0.2, -0.15) is 11.3 Å². The van der Waals surface area contributed by atoms with Crippen LogP contribution in [0.3, 0.4) is 0 Å². The number of halogens is 1. The lowest BCUT2D eigenvalue weighted by Crippen LogP contribution is -2.03. The number of carbonyl (C=O) groups excluding carboxylic acids is 1. The quantitative estimate of drug-likeness (QED) is 0.809. The maximum atomic E-state index is 12.0. The molecule has 2 aromatic rings. The van der Waals surface area contributed by atoms with Crippen LogP contribution in [-0.4, -0.2) is 10.8 Å². The van der Waals surface area contributed by atoms with Gasteiger partial charge >= 0.3 is 0 Å². The van der Waals surface area contributed by atoms with Gasteiger partial charge in [0.1, 0.15) is 0 Å². The van der Waals surface area contributed by atoms with Crippen LogP contribution in [0.1, 0.15) is 21.5 Å². The maximum Gasteiger partial charge on any atom is 0.168 e. The zero-order chi connectivity index (χ0) is 11.5. The van der Waals surface area contributed by atoms with Crippen LogP contribution in [0.5, 0.6) is 0 Å². The summed E-state index contributed by atoms with van der Waals surface area (Å²) in [5.74, 6) is 0.152. The Hall–Kier alpha value is -1.00. The van der Waals surface area contributed by atoms with Crippen LogP contribution < -0.4 is 0 Å². The predicted octanol–water partition coefficient (Wildman–Crippen LogP) is 3.64. The molecule has 0 aliphatic rings. The summed E-state index contributed by atoms with van der Waals surface area (Å²) < 4.78 is 0.903. The number of aromatic nitrogens is 1. The topological polar surface area (TPSA) is 30.0 Å². The molecule has 0 radical (unpaired) electrons. The van der Waals surface area contributed by atoms with E-state index < -0.39 is 0 Å². The molecule has 2 aromatic heterocycles. The molecule has 82 valence electrons. The average Bonchev–Trinajstić information content (AvgIpc) is 2.64. The second-order valence-corrected chi connectivity index (χ2v) is 5.24. The van der Waals surface area contributed by atoms with Crippen molar-refractivity contribution in [2.75, 3.05) is 0 Å². The van der Waals surface area contributed by atoms with Crippen LogP contribution in [0, 0.1) is 6.92 Å². The highest BCUT2D eigenvalue weighted by molar-refractivity contribution is 9.10. The van der Waals surface area contributed by atoms with Crippen LogP contribution in [-0.2, 0) is 6.42 Å². The van der Waals surface area contributed by atoms with E-state index in [0.29, 0.717) is 6.42 Å². The third-order valence-electron chi connectivity index (χ3n) is 2.28. The van der Waals surface area contributed by atoms with Crippen LogP contribution in [0.25, 0.3) is 0 Å². The minimum atomic E-state index is 0.152. The van der Waals surface area contributed by atoms with Gasteiger partial charge in [0.2, 0.25) is 0 Å². The van der Waals surface area contributed by atoms with Gasteiger partial charge in [0, 0.05) is 34.2 Å². The van der Waals surface area contributed by atoms with Gasteiger partial charge in [-0.25, -0.2) is 0 Å². The average molecular weight is 296 g/mol. The molecule has 2 rings (SSSR count). The maximum absolute atomic E-state index is 12.0. The number of nitrogens with zero attached hydrogens (tertiary/aromatic N) is 1. The van der Waals surface area contributed by atoms with Gasteiger partial charge in [0.05, 0.1) is 0 Å². The second-order valence-electron chi connectivity index (χ2n) is 3.58. The van der Waals surface area contributed by atoms with Gasteiger partial charge in [0.15, 0.2) is 5.78 Å². The molecule has 0 spiro atoms. The van der Waals surface area contributed by atoms with Crippen molar-refractivity contribution >= 4 is 33.0 Å². The van der Waals surface area contributed by atoms with Gasteiger partial charge in [0.25, 0.3) is 0 Å². The Kier molecular flexibility index (Phi) is 3.51. The summed E-state index contributed by atoms with van der Waals surface area (Å²) in [5.41, 5.74) is 2.81. The molecule has 0 aliphatic carbocycles. The summed E-state index contributed by atoms with van der Waals surface area (Å²) in [6.45, 7) is 1.96. The smallest absolute Gasteiger partial charge is 0.168 e. The molecule has 0 amide bonds. The van der Waals surface area contributed by atoms with E-state index in [-0.39, 0.29) is 5.78 Å². The van der Waals surface area contributed by atoms with Crippen LogP contribution in [0.4, 0.5) is 0 Å². The zero-order valence-corrected chi connectivity index (χ0v) is 11.1. The molecular formula is C12H10BrNOS. The number of hydrogen-bond donors (Lipinski definition) is 0. The first-order valence-corrected chi connectivity index (χ1v) is 6.56. The molecule has 16 heavy (non-hydrogen) atoms. The third kappa shape index (κ3) is 2.57. The van der Waals surface area contributed by atoms with E-state index in [4.69, 9.17) is 0 Å². The van der Waals surface area contributed by atoms with E-state index in [2.05, 4.69) is 20.9 Å². The number of thiophene rings is 1. The first-order valence-electron chi connectivity index (χ1n) is 4.82. The fourth-order valence-corrected chi connectivity index (χ4v) is 2.74. The number of ketones is 1. The number of carbonyl (C=O) groups is 1. The first-order chi connectivity index (χ1) is 7.66. The molecule has 4 heteroatoms. The van der Waals surface area contributed by atoms with E-state index in [0.717, 1.165) is 21.2 Å². The van der Waals surface area contributed by atoms with E-state index in [1.807, 2.05) is 23.8 Å². The second kappa shape index (κ2) is 4.89. The fraction of sp³-hybridized carbons (Fsp3) is 0.167. The normalized spacial score (nSPS) is 10.4. The lowest BCUT2D eigenvalue weighted by Gasteiger charge is -2.01. The van der Waals surface area contributed by atoms with Crippen LogP contribution in [0.15, 0.2) is 33.7 Å². The molecular weight excluding hydrogens is 286 g/mol. The molecule has 0 atom stereocenters. The van der Waals surface area contributed by atoms with Gasteiger partial charge in [-0.3, -0.25) is 9.78 Å². The van der Waals surface area contributed by atoms with Crippen molar-refractivity contribution in [2.24, 2.45) is 0 Å². The molecule has 0 aliphatic heterocycles. The third-order valence-corrected chi connectivity index (χ3v) is 3.58. The largest absolute Gasteiger partial charge is 0.294 e. The van der Waals surface area contributed by atoms with E-state index in [9.17, 15) is 4.79 Å². The van der Waals surface area contributed by atoms with E-state index in [1.54, 1.807) is 23.7 Å². The Morgan fingerprint density at radius 1 is 1.44 bits per heavy atom. The van der Waals surface area contributed by atoms with Crippen LogP contribution >= 0.6 is 27.3 Å². The summed E-state index contributed by atoms with van der Waals surface area (Å²) in [6, 6.07) is 1.92. The standard InChI is InChI=1S/C12H10BrNOS/c1-8-6-16-7-11(8)12(15)3-9-2-10(13)5-14-4-9/h2,4-7H,3H2,1H3. The van der Waals surface area contributed by atoms with Gasteiger partial charge in [-0.05, 0) is 45.4 Å². The summed E-state index contributed by atoms with van der Waals surface area (Å²) in [6.07, 6.45) is 3.85. The van der Waals surface area contributed by atoms with E-state index in [1.165, 1.54) is 0 Å². The van der Waals surface area contributed by atoms with Crippen LogP contribution in [0.2, 0.25) is 0 Å². The number of rotatable bonds is 3. The Bertz CT molecular complexity index is 521. The summed E-state index contributed by atoms with van der Waals surface area (Å²) in [4.78, 5) is 16.0. The molecule has 0 bridgehead atoms. The number of aryl methyl sites for hydroxylation is 1. The highest BCUT2D eigenvalue weighted by Crippen LogP contribution is 2.17. The minimum Gasteiger partial charge on any atom is -0.294 e. The Morgan fingerprint density at radius 3 is 2.88 bits per heavy atom. The minimum absolute atomic E-state index is 0.152. The van der Waals surface area contributed by atoms with Gasteiger partial charge in [-0.15, -0.1) is 0 Å². The predicted molar refractivity (Wildman–Crippen MR) is 69.0 cm³/mol. The molecule has 0 saturated carbocycles. The lowest BCUT2D eigenvalue weighted by molar-refractivity contribution is 0.0993. The Labute approximate surface area is 106 Å². The monoisotopic (exact) mass is 295 g/mol. The zero-order valence-electron chi connectivity index (χ0n) is 8.74. The summed E-state index contributed by atoms with van der Waals surface area (Å²) in [5, 5.41) is 3.90. The Balaban J connectivity index is 2.17. The molecule has 0 unspecified atom stereocenters. The summed E-state index contributed by atoms with van der Waals surface area (Å²) >= 11 is 4.91. The number of pyridine rings is 1.